The molecule has 0 spiro atoms. The summed E-state index contributed by atoms with van der Waals surface area (Å²) in [6.45, 7) is 1.42. The van der Waals surface area contributed by atoms with Gasteiger partial charge in [-0.1, -0.05) is 36.4 Å². The number of carbonyl (C=O) groups excluding carboxylic acids is 1. The highest BCUT2D eigenvalue weighted by atomic mass is 32.1. The zero-order valence-electron chi connectivity index (χ0n) is 19.4. The molecule has 0 aliphatic carbocycles. The SMILES string of the molecule is Cc1ccc(-c2ccc(Cc3nc4c(-c5cccc(F)c5)cccc4nc3C(N)=O)s2)cc1C(F)(F)F. The summed E-state index contributed by atoms with van der Waals surface area (Å²) in [5.41, 5.74) is 8.03. The van der Waals surface area contributed by atoms with Gasteiger partial charge in [0.1, 0.15) is 5.82 Å². The molecule has 4 nitrogen and oxygen atoms in total. The number of hydrogen-bond acceptors (Lipinski definition) is 4. The van der Waals surface area contributed by atoms with E-state index in [1.807, 2.05) is 0 Å². The molecule has 0 atom stereocenters. The fraction of sp³-hybridized carbons (Fsp3) is 0.107. The lowest BCUT2D eigenvalue weighted by Crippen LogP contribution is -2.17. The Hall–Kier alpha value is -4.11. The Morgan fingerprint density at radius 2 is 1.73 bits per heavy atom. The first kappa shape index (κ1) is 24.6. The number of benzene rings is 3. The number of amides is 1. The van der Waals surface area contributed by atoms with Gasteiger partial charge in [-0.2, -0.15) is 13.2 Å². The van der Waals surface area contributed by atoms with E-state index in [1.54, 1.807) is 48.5 Å². The average molecular weight is 522 g/mol. The molecular formula is C28H19F4N3OS. The molecule has 0 saturated heterocycles. The number of thiophene rings is 1. The number of carbonyl (C=O) groups is 1. The van der Waals surface area contributed by atoms with Gasteiger partial charge in [-0.3, -0.25) is 4.79 Å². The summed E-state index contributed by atoms with van der Waals surface area (Å²) in [5, 5.41) is 0. The Bertz CT molecular complexity index is 1660. The molecule has 0 fully saturated rings. The van der Waals surface area contributed by atoms with Crippen LogP contribution >= 0.6 is 11.3 Å². The van der Waals surface area contributed by atoms with E-state index in [-0.39, 0.29) is 17.7 Å². The van der Waals surface area contributed by atoms with Gasteiger partial charge >= 0.3 is 6.18 Å². The number of alkyl halides is 3. The van der Waals surface area contributed by atoms with Crippen molar-refractivity contribution in [2.24, 2.45) is 5.73 Å². The van der Waals surface area contributed by atoms with Crippen molar-refractivity contribution in [3.63, 3.8) is 0 Å². The summed E-state index contributed by atoms with van der Waals surface area (Å²) >= 11 is 1.30. The third-order valence-corrected chi connectivity index (χ3v) is 7.10. The molecule has 186 valence electrons. The topological polar surface area (TPSA) is 68.9 Å². The predicted octanol–water partition coefficient (Wildman–Crippen LogP) is 7.18. The number of nitrogens with zero attached hydrogens (tertiary/aromatic N) is 2. The number of aryl methyl sites for hydroxylation is 1. The highest BCUT2D eigenvalue weighted by Crippen LogP contribution is 2.37. The zero-order valence-corrected chi connectivity index (χ0v) is 20.3. The number of para-hydroxylation sites is 1. The molecule has 0 bridgehead atoms. The van der Waals surface area contributed by atoms with Gasteiger partial charge in [0, 0.05) is 21.7 Å². The Morgan fingerprint density at radius 3 is 2.46 bits per heavy atom. The zero-order chi connectivity index (χ0) is 26.3. The molecule has 5 rings (SSSR count). The van der Waals surface area contributed by atoms with Crippen molar-refractivity contribution in [3.8, 4) is 21.6 Å². The van der Waals surface area contributed by atoms with Gasteiger partial charge < -0.3 is 5.73 Å². The minimum atomic E-state index is -4.45. The van der Waals surface area contributed by atoms with Crippen LogP contribution in [-0.2, 0) is 12.6 Å². The Kier molecular flexibility index (Phi) is 6.25. The average Bonchev–Trinajstić information content (AvgIpc) is 3.31. The highest BCUT2D eigenvalue weighted by molar-refractivity contribution is 7.15. The van der Waals surface area contributed by atoms with E-state index < -0.39 is 23.5 Å². The molecule has 2 aromatic heterocycles. The number of primary amides is 1. The molecule has 5 aromatic rings. The monoisotopic (exact) mass is 521 g/mol. The van der Waals surface area contributed by atoms with Crippen LogP contribution in [0.25, 0.3) is 32.6 Å². The number of fused-ring (bicyclic) bond motifs is 1. The molecule has 0 aliphatic rings. The van der Waals surface area contributed by atoms with Crippen LogP contribution in [-0.4, -0.2) is 15.9 Å². The van der Waals surface area contributed by atoms with E-state index in [2.05, 4.69) is 4.98 Å². The maximum Gasteiger partial charge on any atom is 0.416 e. The fourth-order valence-electron chi connectivity index (χ4n) is 4.20. The van der Waals surface area contributed by atoms with Gasteiger partial charge in [0.25, 0.3) is 5.91 Å². The largest absolute Gasteiger partial charge is 0.416 e. The molecule has 37 heavy (non-hydrogen) atoms. The van der Waals surface area contributed by atoms with E-state index in [9.17, 15) is 22.4 Å². The minimum Gasteiger partial charge on any atom is -0.364 e. The number of halogens is 4. The minimum absolute atomic E-state index is 0.00790. The molecule has 2 heterocycles. The van der Waals surface area contributed by atoms with Gasteiger partial charge in [0.15, 0.2) is 5.69 Å². The first-order valence-corrected chi connectivity index (χ1v) is 12.0. The number of aromatic nitrogens is 2. The van der Waals surface area contributed by atoms with Crippen molar-refractivity contribution in [1.29, 1.82) is 0 Å². The summed E-state index contributed by atoms with van der Waals surface area (Å²) in [6, 6.07) is 19.1. The Balaban J connectivity index is 1.56. The van der Waals surface area contributed by atoms with Crippen molar-refractivity contribution in [3.05, 3.63) is 106 Å². The molecule has 3 aromatic carbocycles. The molecule has 0 radical (unpaired) electrons. The predicted molar refractivity (Wildman–Crippen MR) is 136 cm³/mol. The Labute approximate surface area is 213 Å². The van der Waals surface area contributed by atoms with E-state index in [4.69, 9.17) is 10.7 Å². The summed E-state index contributed by atoms with van der Waals surface area (Å²) in [6.07, 6.45) is -4.25. The molecule has 0 unspecified atom stereocenters. The lowest BCUT2D eigenvalue weighted by molar-refractivity contribution is -0.138. The highest BCUT2D eigenvalue weighted by Gasteiger charge is 2.32. The van der Waals surface area contributed by atoms with Crippen LogP contribution in [0, 0.1) is 12.7 Å². The third kappa shape index (κ3) is 4.95. The van der Waals surface area contributed by atoms with Crippen molar-refractivity contribution < 1.29 is 22.4 Å². The van der Waals surface area contributed by atoms with Crippen LogP contribution in [0.3, 0.4) is 0 Å². The number of nitrogens with two attached hydrogens (primary N) is 1. The number of hydrogen-bond donors (Lipinski definition) is 1. The second-order valence-corrected chi connectivity index (χ2v) is 9.71. The van der Waals surface area contributed by atoms with Crippen molar-refractivity contribution in [2.45, 2.75) is 19.5 Å². The summed E-state index contributed by atoms with van der Waals surface area (Å²) < 4.78 is 54.0. The first-order valence-electron chi connectivity index (χ1n) is 11.2. The maximum absolute atomic E-state index is 13.9. The maximum atomic E-state index is 13.9. The first-order chi connectivity index (χ1) is 17.6. The molecule has 0 aliphatic heterocycles. The van der Waals surface area contributed by atoms with Gasteiger partial charge in [0.05, 0.1) is 22.3 Å². The van der Waals surface area contributed by atoms with Gasteiger partial charge in [-0.05, 0) is 60.0 Å². The fourth-order valence-corrected chi connectivity index (χ4v) is 5.20. The number of rotatable bonds is 5. The summed E-state index contributed by atoms with van der Waals surface area (Å²) in [5.74, 6) is -1.14. The van der Waals surface area contributed by atoms with E-state index in [1.165, 1.54) is 36.5 Å². The Morgan fingerprint density at radius 1 is 0.946 bits per heavy atom. The normalized spacial score (nSPS) is 11.7. The van der Waals surface area contributed by atoms with Crippen molar-refractivity contribution in [2.75, 3.05) is 0 Å². The molecule has 1 amide bonds. The molecule has 0 saturated carbocycles. The molecule has 2 N–H and O–H groups in total. The molecular weight excluding hydrogens is 502 g/mol. The van der Waals surface area contributed by atoms with Crippen molar-refractivity contribution in [1.82, 2.24) is 9.97 Å². The van der Waals surface area contributed by atoms with Crippen LogP contribution in [0.4, 0.5) is 17.6 Å². The van der Waals surface area contributed by atoms with Crippen molar-refractivity contribution >= 4 is 28.3 Å². The second-order valence-electron chi connectivity index (χ2n) is 8.54. The lowest BCUT2D eigenvalue weighted by atomic mass is 10.0. The third-order valence-electron chi connectivity index (χ3n) is 5.97. The van der Waals surface area contributed by atoms with Gasteiger partial charge in [-0.25, -0.2) is 14.4 Å². The van der Waals surface area contributed by atoms with Crippen LogP contribution in [0.1, 0.15) is 32.2 Å². The van der Waals surface area contributed by atoms with Gasteiger partial charge in [-0.15, -0.1) is 11.3 Å². The van der Waals surface area contributed by atoms with E-state index in [0.29, 0.717) is 38.3 Å². The molecule has 9 heteroatoms. The van der Waals surface area contributed by atoms with Crippen LogP contribution in [0.15, 0.2) is 72.8 Å². The summed E-state index contributed by atoms with van der Waals surface area (Å²) in [4.78, 5) is 22.8. The van der Waals surface area contributed by atoms with E-state index in [0.717, 1.165) is 10.9 Å². The van der Waals surface area contributed by atoms with Crippen LogP contribution in [0.5, 0.6) is 0 Å². The van der Waals surface area contributed by atoms with Crippen LogP contribution in [0.2, 0.25) is 0 Å². The van der Waals surface area contributed by atoms with E-state index >= 15 is 0 Å². The second kappa shape index (κ2) is 9.40. The standard InChI is InChI=1S/C28H19F4N3OS/c1-15-8-9-17(13-21(15)28(30,31)32)24-11-10-19(37-24)14-23-26(27(33)36)34-22-7-3-6-20(25(22)35-23)16-4-2-5-18(29)12-16/h2-13H,14H2,1H3,(H2,33,36). The smallest absolute Gasteiger partial charge is 0.364 e. The lowest BCUT2D eigenvalue weighted by Gasteiger charge is -2.11. The van der Waals surface area contributed by atoms with Crippen LogP contribution < -0.4 is 5.73 Å². The summed E-state index contributed by atoms with van der Waals surface area (Å²) in [7, 11) is 0. The van der Waals surface area contributed by atoms with Gasteiger partial charge in [0.2, 0.25) is 0 Å². The quantitative estimate of drug-likeness (QED) is 0.249.